The first kappa shape index (κ1) is 19.4. The van der Waals surface area contributed by atoms with Crippen LogP contribution in [0.1, 0.15) is 58.6 Å². The lowest BCUT2D eigenvalue weighted by Gasteiger charge is -2.38. The van der Waals surface area contributed by atoms with E-state index in [1.54, 1.807) is 25.7 Å². The lowest BCUT2D eigenvalue weighted by Crippen LogP contribution is -2.58. The summed E-state index contributed by atoms with van der Waals surface area (Å²) < 4.78 is 5.42. The molecule has 1 saturated heterocycles. The molecule has 1 aliphatic carbocycles. The van der Waals surface area contributed by atoms with Gasteiger partial charge in [-0.25, -0.2) is 4.79 Å². The van der Waals surface area contributed by atoms with Crippen molar-refractivity contribution in [2.24, 2.45) is 5.92 Å². The number of ketones is 1. The zero-order valence-electron chi connectivity index (χ0n) is 16.5. The van der Waals surface area contributed by atoms with Gasteiger partial charge in [0.2, 0.25) is 5.91 Å². The van der Waals surface area contributed by atoms with Gasteiger partial charge < -0.3 is 15.0 Å². The Morgan fingerprint density at radius 1 is 1.26 bits per heavy atom. The van der Waals surface area contributed by atoms with E-state index in [2.05, 4.69) is 5.32 Å². The number of nitrogens with zero attached hydrogens (tertiary/aromatic N) is 1. The van der Waals surface area contributed by atoms with Gasteiger partial charge in [-0.2, -0.15) is 0 Å². The molecule has 0 bridgehead atoms. The summed E-state index contributed by atoms with van der Waals surface area (Å²) in [6.07, 6.45) is 0.461. The third kappa shape index (κ3) is 3.99. The molecule has 0 aromatic heterocycles. The molecular formula is C21H28N2O4. The van der Waals surface area contributed by atoms with Gasteiger partial charge in [-0.15, -0.1) is 0 Å². The van der Waals surface area contributed by atoms with Crippen molar-refractivity contribution in [3.05, 3.63) is 35.9 Å². The van der Waals surface area contributed by atoms with Crippen molar-refractivity contribution in [3.8, 4) is 0 Å². The molecule has 0 radical (unpaired) electrons. The number of amides is 2. The summed E-state index contributed by atoms with van der Waals surface area (Å²) in [6.45, 7) is 7.77. The molecule has 1 aliphatic heterocycles. The fourth-order valence-electron chi connectivity index (χ4n) is 4.09. The summed E-state index contributed by atoms with van der Waals surface area (Å²) in [5.74, 6) is -0.530. The van der Waals surface area contributed by atoms with Gasteiger partial charge in [0.1, 0.15) is 11.4 Å². The summed E-state index contributed by atoms with van der Waals surface area (Å²) >= 11 is 0. The maximum Gasteiger partial charge on any atom is 0.408 e. The molecule has 146 valence electrons. The standard InChI is InChI=1S/C21H28N2O4/c1-14(15-8-6-5-7-9-15)23-13-21(22-19(26)27-20(2,3)4)11-10-16(24)12-17(21)18(23)25/h5-9,14,17H,10-13H2,1-4H3,(H,22,26)/t14-,17-,21-/m1/s1. The predicted octanol–water partition coefficient (Wildman–Crippen LogP) is 3.22. The van der Waals surface area contributed by atoms with Crippen LogP contribution in [0.5, 0.6) is 0 Å². The molecule has 2 aliphatic rings. The van der Waals surface area contributed by atoms with Gasteiger partial charge >= 0.3 is 6.09 Å². The summed E-state index contributed by atoms with van der Waals surface area (Å²) in [6, 6.07) is 9.66. The van der Waals surface area contributed by atoms with Crippen molar-refractivity contribution in [1.82, 2.24) is 10.2 Å². The molecule has 1 aromatic carbocycles. The van der Waals surface area contributed by atoms with Crippen molar-refractivity contribution >= 4 is 17.8 Å². The summed E-state index contributed by atoms with van der Waals surface area (Å²) in [5.41, 5.74) is -0.347. The van der Waals surface area contributed by atoms with Crippen LogP contribution >= 0.6 is 0 Å². The Morgan fingerprint density at radius 2 is 1.93 bits per heavy atom. The first-order valence-electron chi connectivity index (χ1n) is 9.50. The molecule has 6 nitrogen and oxygen atoms in total. The van der Waals surface area contributed by atoms with E-state index in [0.717, 1.165) is 5.56 Å². The maximum absolute atomic E-state index is 13.2. The second-order valence-electron chi connectivity index (χ2n) is 8.63. The van der Waals surface area contributed by atoms with E-state index >= 15 is 0 Å². The zero-order valence-corrected chi connectivity index (χ0v) is 16.5. The van der Waals surface area contributed by atoms with Crippen LogP contribution in [0.4, 0.5) is 4.79 Å². The molecule has 3 rings (SSSR count). The molecular weight excluding hydrogens is 344 g/mol. The molecule has 0 unspecified atom stereocenters. The fourth-order valence-corrected chi connectivity index (χ4v) is 4.09. The van der Waals surface area contributed by atoms with E-state index in [1.165, 1.54) is 0 Å². The Morgan fingerprint density at radius 3 is 2.56 bits per heavy atom. The zero-order chi connectivity index (χ0) is 19.8. The van der Waals surface area contributed by atoms with Crippen LogP contribution in [0.25, 0.3) is 0 Å². The van der Waals surface area contributed by atoms with Gasteiger partial charge in [-0.05, 0) is 39.7 Å². The molecule has 27 heavy (non-hydrogen) atoms. The van der Waals surface area contributed by atoms with Gasteiger partial charge in [0, 0.05) is 19.4 Å². The third-order valence-electron chi connectivity index (χ3n) is 5.48. The molecule has 1 heterocycles. The fraction of sp³-hybridized carbons (Fsp3) is 0.571. The van der Waals surface area contributed by atoms with Crippen LogP contribution < -0.4 is 5.32 Å². The van der Waals surface area contributed by atoms with E-state index < -0.39 is 23.2 Å². The highest BCUT2D eigenvalue weighted by Gasteiger charge is 2.56. The van der Waals surface area contributed by atoms with Crippen molar-refractivity contribution in [2.45, 2.75) is 64.1 Å². The number of carbonyl (C=O) groups excluding carboxylic acids is 3. The largest absolute Gasteiger partial charge is 0.444 e. The first-order chi connectivity index (χ1) is 12.6. The molecule has 2 amide bonds. The van der Waals surface area contributed by atoms with Gasteiger partial charge in [0.15, 0.2) is 0 Å². The van der Waals surface area contributed by atoms with Crippen LogP contribution in [0.15, 0.2) is 30.3 Å². The number of rotatable bonds is 3. The highest BCUT2D eigenvalue weighted by atomic mass is 16.6. The van der Waals surface area contributed by atoms with Crippen LogP contribution in [0.3, 0.4) is 0 Å². The molecule has 2 fully saturated rings. The Labute approximate surface area is 160 Å². The lowest BCUT2D eigenvalue weighted by atomic mass is 9.74. The number of hydrogen-bond donors (Lipinski definition) is 1. The average Bonchev–Trinajstić information content (AvgIpc) is 2.86. The Bertz CT molecular complexity index is 740. The van der Waals surface area contributed by atoms with Crippen LogP contribution in [-0.4, -0.2) is 40.4 Å². The number of carbonyl (C=O) groups is 3. The van der Waals surface area contributed by atoms with Crippen molar-refractivity contribution < 1.29 is 19.1 Å². The van der Waals surface area contributed by atoms with E-state index in [1.807, 2.05) is 37.3 Å². The van der Waals surface area contributed by atoms with Crippen molar-refractivity contribution in [3.63, 3.8) is 0 Å². The molecule has 1 N–H and O–H groups in total. The number of ether oxygens (including phenoxy) is 1. The quantitative estimate of drug-likeness (QED) is 0.884. The minimum Gasteiger partial charge on any atom is -0.444 e. The average molecular weight is 372 g/mol. The Hall–Kier alpha value is -2.37. The van der Waals surface area contributed by atoms with E-state index in [0.29, 0.717) is 19.4 Å². The monoisotopic (exact) mass is 372 g/mol. The Balaban J connectivity index is 1.86. The number of fused-ring (bicyclic) bond motifs is 1. The van der Waals surface area contributed by atoms with Crippen molar-refractivity contribution in [1.29, 1.82) is 0 Å². The summed E-state index contributed by atoms with van der Waals surface area (Å²) in [7, 11) is 0. The summed E-state index contributed by atoms with van der Waals surface area (Å²) in [5, 5.41) is 2.96. The maximum atomic E-state index is 13.2. The number of hydrogen-bond acceptors (Lipinski definition) is 4. The third-order valence-corrected chi connectivity index (χ3v) is 5.48. The van der Waals surface area contributed by atoms with E-state index in [9.17, 15) is 14.4 Å². The minimum absolute atomic E-state index is 0.0733. The van der Waals surface area contributed by atoms with Crippen LogP contribution in [0.2, 0.25) is 0 Å². The number of alkyl carbamates (subject to hydrolysis) is 1. The summed E-state index contributed by atoms with van der Waals surface area (Å²) in [4.78, 5) is 39.4. The second kappa shape index (κ2) is 6.98. The molecule has 6 heteroatoms. The van der Waals surface area contributed by atoms with Crippen LogP contribution in [-0.2, 0) is 14.3 Å². The predicted molar refractivity (Wildman–Crippen MR) is 101 cm³/mol. The molecule has 3 atom stereocenters. The number of likely N-dealkylation sites (tertiary alicyclic amines) is 1. The smallest absolute Gasteiger partial charge is 0.408 e. The SMILES string of the molecule is C[C@H](c1ccccc1)N1C[C@]2(NC(=O)OC(C)(C)C)CCC(=O)C[C@@H]2C1=O. The highest BCUT2D eigenvalue weighted by molar-refractivity contribution is 5.92. The van der Waals surface area contributed by atoms with E-state index in [-0.39, 0.29) is 24.2 Å². The highest BCUT2D eigenvalue weighted by Crippen LogP contribution is 2.42. The van der Waals surface area contributed by atoms with Crippen LogP contribution in [0, 0.1) is 5.92 Å². The van der Waals surface area contributed by atoms with Gasteiger partial charge in [0.25, 0.3) is 0 Å². The molecule has 1 aromatic rings. The second-order valence-corrected chi connectivity index (χ2v) is 8.63. The van der Waals surface area contributed by atoms with Crippen molar-refractivity contribution in [2.75, 3.05) is 6.54 Å². The minimum atomic E-state index is -0.754. The number of nitrogens with one attached hydrogen (secondary N) is 1. The topological polar surface area (TPSA) is 75.7 Å². The normalized spacial score (nSPS) is 26.5. The lowest BCUT2D eigenvalue weighted by molar-refractivity contribution is -0.136. The van der Waals surface area contributed by atoms with E-state index in [4.69, 9.17) is 4.74 Å². The molecule has 0 spiro atoms. The first-order valence-corrected chi connectivity index (χ1v) is 9.50. The number of benzene rings is 1. The molecule has 1 saturated carbocycles. The van der Waals surface area contributed by atoms with Gasteiger partial charge in [0.05, 0.1) is 17.5 Å². The van der Waals surface area contributed by atoms with Gasteiger partial charge in [-0.3, -0.25) is 9.59 Å². The van der Waals surface area contributed by atoms with Gasteiger partial charge in [-0.1, -0.05) is 30.3 Å². The number of Topliss-reactive ketones (excluding diaryl/α,β-unsaturated/α-hetero) is 1. The Kier molecular flexibility index (Phi) is 5.02.